The predicted molar refractivity (Wildman–Crippen MR) is 81.4 cm³/mol. The zero-order valence-electron chi connectivity index (χ0n) is 12.9. The number of methoxy groups -OCH3 is 1. The summed E-state index contributed by atoms with van der Waals surface area (Å²) in [5.74, 6) is -0.263. The van der Waals surface area contributed by atoms with Crippen molar-refractivity contribution in [1.29, 1.82) is 0 Å². The fraction of sp³-hybridized carbons (Fsp3) is 0.375. The molecule has 1 aromatic carbocycles. The molecule has 1 atom stereocenters. The van der Waals surface area contributed by atoms with Crippen molar-refractivity contribution in [1.82, 2.24) is 15.1 Å². The van der Waals surface area contributed by atoms with E-state index in [1.165, 1.54) is 7.11 Å². The molecule has 0 saturated heterocycles. The molecule has 0 radical (unpaired) electrons. The Labute approximate surface area is 124 Å². The van der Waals surface area contributed by atoms with E-state index in [4.69, 9.17) is 4.74 Å². The lowest BCUT2D eigenvalue weighted by Crippen LogP contribution is -2.34. The van der Waals surface area contributed by atoms with E-state index in [-0.39, 0.29) is 12.0 Å². The molecule has 2 aromatic rings. The van der Waals surface area contributed by atoms with Gasteiger partial charge in [0.1, 0.15) is 6.04 Å². The van der Waals surface area contributed by atoms with Crippen molar-refractivity contribution in [2.75, 3.05) is 7.11 Å². The first-order chi connectivity index (χ1) is 10.0. The molecule has 0 spiro atoms. The number of rotatable bonds is 5. The first kappa shape index (κ1) is 15.3. The average Bonchev–Trinajstić information content (AvgIpc) is 2.79. The van der Waals surface area contributed by atoms with Crippen LogP contribution < -0.4 is 5.32 Å². The number of benzene rings is 1. The summed E-state index contributed by atoms with van der Waals surface area (Å²) in [4.78, 5) is 11.4. The van der Waals surface area contributed by atoms with Crippen LogP contribution in [0.4, 0.5) is 0 Å². The van der Waals surface area contributed by atoms with Gasteiger partial charge in [0.2, 0.25) is 0 Å². The van der Waals surface area contributed by atoms with Gasteiger partial charge in [0.05, 0.1) is 18.5 Å². The summed E-state index contributed by atoms with van der Waals surface area (Å²) < 4.78 is 6.64. The van der Waals surface area contributed by atoms with Gasteiger partial charge in [-0.25, -0.2) is 4.68 Å². The molecule has 0 aliphatic heterocycles. The van der Waals surface area contributed by atoms with Crippen LogP contribution in [0, 0.1) is 13.8 Å². The van der Waals surface area contributed by atoms with E-state index in [1.807, 2.05) is 48.9 Å². The van der Waals surface area contributed by atoms with Gasteiger partial charge in [-0.15, -0.1) is 0 Å². The molecule has 1 N–H and O–H groups in total. The minimum Gasteiger partial charge on any atom is -0.468 e. The number of esters is 1. The Bertz CT molecular complexity index is 620. The van der Waals surface area contributed by atoms with Crippen LogP contribution in [0.3, 0.4) is 0 Å². The largest absolute Gasteiger partial charge is 0.468 e. The summed E-state index contributed by atoms with van der Waals surface area (Å²) in [5, 5.41) is 7.75. The molecule has 0 aliphatic rings. The number of para-hydroxylation sites is 1. The van der Waals surface area contributed by atoms with Crippen molar-refractivity contribution < 1.29 is 9.53 Å². The monoisotopic (exact) mass is 287 g/mol. The van der Waals surface area contributed by atoms with Gasteiger partial charge in [-0.05, 0) is 32.9 Å². The number of aromatic nitrogens is 2. The Morgan fingerprint density at radius 2 is 2.00 bits per heavy atom. The van der Waals surface area contributed by atoms with Crippen LogP contribution in [-0.2, 0) is 16.1 Å². The van der Waals surface area contributed by atoms with Crippen LogP contribution in [-0.4, -0.2) is 28.9 Å². The summed E-state index contributed by atoms with van der Waals surface area (Å²) in [6.07, 6.45) is 0. The van der Waals surface area contributed by atoms with Crippen molar-refractivity contribution in [2.45, 2.75) is 33.4 Å². The number of carbonyl (C=O) groups is 1. The van der Waals surface area contributed by atoms with Crippen molar-refractivity contribution >= 4 is 5.97 Å². The van der Waals surface area contributed by atoms with Crippen LogP contribution in [0.5, 0.6) is 0 Å². The highest BCUT2D eigenvalue weighted by Crippen LogP contribution is 2.17. The van der Waals surface area contributed by atoms with Crippen LogP contribution in [0.2, 0.25) is 0 Å². The maximum Gasteiger partial charge on any atom is 0.322 e. The van der Waals surface area contributed by atoms with Crippen LogP contribution in [0.15, 0.2) is 30.3 Å². The smallest absolute Gasteiger partial charge is 0.322 e. The minimum atomic E-state index is -0.339. The van der Waals surface area contributed by atoms with Gasteiger partial charge in [0, 0.05) is 17.8 Å². The molecule has 0 fully saturated rings. The standard InChI is InChI=1S/C16H21N3O2/c1-11-15(10-17-12(2)16(20)21-4)13(3)19(18-11)14-8-6-5-7-9-14/h5-9,12,17H,10H2,1-4H3. The van der Waals surface area contributed by atoms with Crippen molar-refractivity contribution in [2.24, 2.45) is 0 Å². The maximum absolute atomic E-state index is 11.4. The fourth-order valence-electron chi connectivity index (χ4n) is 2.27. The number of nitrogens with zero attached hydrogens (tertiary/aromatic N) is 2. The van der Waals surface area contributed by atoms with E-state index in [1.54, 1.807) is 6.92 Å². The van der Waals surface area contributed by atoms with E-state index in [2.05, 4.69) is 10.4 Å². The maximum atomic E-state index is 11.4. The van der Waals surface area contributed by atoms with Gasteiger partial charge in [0.25, 0.3) is 0 Å². The highest BCUT2D eigenvalue weighted by atomic mass is 16.5. The molecule has 1 heterocycles. The molecule has 0 aliphatic carbocycles. The molecule has 0 saturated carbocycles. The van der Waals surface area contributed by atoms with Gasteiger partial charge in [-0.3, -0.25) is 4.79 Å². The molecule has 5 nitrogen and oxygen atoms in total. The second-order valence-corrected chi connectivity index (χ2v) is 5.02. The van der Waals surface area contributed by atoms with E-state index < -0.39 is 0 Å². The summed E-state index contributed by atoms with van der Waals surface area (Å²) in [7, 11) is 1.39. The topological polar surface area (TPSA) is 56.1 Å². The number of hydrogen-bond donors (Lipinski definition) is 1. The lowest BCUT2D eigenvalue weighted by atomic mass is 10.2. The molecule has 5 heteroatoms. The van der Waals surface area contributed by atoms with Gasteiger partial charge in [0.15, 0.2) is 0 Å². The van der Waals surface area contributed by atoms with Gasteiger partial charge in [-0.2, -0.15) is 5.10 Å². The second kappa shape index (κ2) is 6.54. The second-order valence-electron chi connectivity index (χ2n) is 5.02. The number of hydrogen-bond acceptors (Lipinski definition) is 4. The molecular weight excluding hydrogens is 266 g/mol. The fourth-order valence-corrected chi connectivity index (χ4v) is 2.27. The van der Waals surface area contributed by atoms with E-state index in [9.17, 15) is 4.79 Å². The minimum absolute atomic E-state index is 0.263. The molecule has 1 unspecified atom stereocenters. The highest BCUT2D eigenvalue weighted by molar-refractivity contribution is 5.75. The SMILES string of the molecule is COC(=O)C(C)NCc1c(C)nn(-c2ccccc2)c1C. The van der Waals surface area contributed by atoms with Gasteiger partial charge in [-0.1, -0.05) is 18.2 Å². The molecular formula is C16H21N3O2. The first-order valence-electron chi connectivity index (χ1n) is 6.96. The number of ether oxygens (including phenoxy) is 1. The summed E-state index contributed by atoms with van der Waals surface area (Å²) >= 11 is 0. The Kier molecular flexibility index (Phi) is 4.75. The van der Waals surface area contributed by atoms with Gasteiger partial charge >= 0.3 is 5.97 Å². The van der Waals surface area contributed by atoms with Gasteiger partial charge < -0.3 is 10.1 Å². The Morgan fingerprint density at radius 1 is 1.33 bits per heavy atom. The Hall–Kier alpha value is -2.14. The van der Waals surface area contributed by atoms with Crippen LogP contribution in [0.25, 0.3) is 5.69 Å². The summed E-state index contributed by atoms with van der Waals surface area (Å²) in [5.41, 5.74) is 4.17. The lowest BCUT2D eigenvalue weighted by molar-refractivity contribution is -0.142. The number of nitrogens with one attached hydrogen (secondary N) is 1. The van der Waals surface area contributed by atoms with Crippen LogP contribution >= 0.6 is 0 Å². The first-order valence-corrected chi connectivity index (χ1v) is 6.96. The molecule has 0 bridgehead atoms. The molecule has 0 amide bonds. The lowest BCUT2D eigenvalue weighted by Gasteiger charge is -2.11. The molecule has 1 aromatic heterocycles. The van der Waals surface area contributed by atoms with Crippen molar-refractivity contribution in [3.05, 3.63) is 47.3 Å². The van der Waals surface area contributed by atoms with Crippen molar-refractivity contribution in [3.8, 4) is 5.69 Å². The van der Waals surface area contributed by atoms with E-state index in [0.29, 0.717) is 6.54 Å². The Balaban J connectivity index is 2.19. The zero-order chi connectivity index (χ0) is 15.4. The number of aryl methyl sites for hydroxylation is 1. The predicted octanol–water partition coefficient (Wildman–Crippen LogP) is 2.14. The summed E-state index contributed by atoms with van der Waals surface area (Å²) in [6.45, 7) is 6.39. The van der Waals surface area contributed by atoms with Crippen molar-refractivity contribution in [3.63, 3.8) is 0 Å². The average molecular weight is 287 g/mol. The molecule has 2 rings (SSSR count). The zero-order valence-corrected chi connectivity index (χ0v) is 12.9. The summed E-state index contributed by atoms with van der Waals surface area (Å²) in [6, 6.07) is 9.66. The molecule has 21 heavy (non-hydrogen) atoms. The Morgan fingerprint density at radius 3 is 2.62 bits per heavy atom. The molecule has 112 valence electrons. The third kappa shape index (κ3) is 3.31. The third-order valence-electron chi connectivity index (χ3n) is 3.58. The number of carbonyl (C=O) groups excluding carboxylic acids is 1. The van der Waals surface area contributed by atoms with E-state index >= 15 is 0 Å². The highest BCUT2D eigenvalue weighted by Gasteiger charge is 2.16. The van der Waals surface area contributed by atoms with E-state index in [0.717, 1.165) is 22.6 Å². The third-order valence-corrected chi connectivity index (χ3v) is 3.58. The quantitative estimate of drug-likeness (QED) is 0.856. The normalized spacial score (nSPS) is 12.2. The van der Waals surface area contributed by atoms with Crippen LogP contribution in [0.1, 0.15) is 23.9 Å².